The van der Waals surface area contributed by atoms with Gasteiger partial charge in [-0.3, -0.25) is 4.98 Å². The number of fused-ring (bicyclic) bond motifs is 7. The number of furan rings is 1. The van der Waals surface area contributed by atoms with Crippen LogP contribution in [-0.2, 0) is 0 Å². The molecule has 0 amide bonds. The van der Waals surface area contributed by atoms with Crippen LogP contribution in [0.3, 0.4) is 0 Å². The van der Waals surface area contributed by atoms with Gasteiger partial charge in [-0.1, -0.05) is 115 Å². The Balaban J connectivity index is 1.13. The van der Waals surface area contributed by atoms with Crippen molar-refractivity contribution in [1.29, 1.82) is 0 Å². The molecule has 0 aliphatic rings. The van der Waals surface area contributed by atoms with Gasteiger partial charge in [-0.15, -0.1) is 0 Å². The van der Waals surface area contributed by atoms with E-state index in [-0.39, 0.29) is 0 Å². The number of pyridine rings is 1. The highest BCUT2D eigenvalue weighted by molar-refractivity contribution is 6.25. The Labute approximate surface area is 289 Å². The molecular weight excluding hydrogens is 609 g/mol. The third kappa shape index (κ3) is 4.63. The van der Waals surface area contributed by atoms with Crippen LogP contribution in [0.15, 0.2) is 187 Å². The van der Waals surface area contributed by atoms with Crippen LogP contribution in [-0.4, -0.2) is 4.98 Å². The van der Waals surface area contributed by atoms with E-state index in [1.807, 2.05) is 18.5 Å². The number of hydrogen-bond acceptors (Lipinski definition) is 3. The second-order valence-electron chi connectivity index (χ2n) is 12.8. The molecule has 10 rings (SSSR count). The lowest BCUT2D eigenvalue weighted by Gasteiger charge is -2.26. The summed E-state index contributed by atoms with van der Waals surface area (Å²) < 4.78 is 6.60. The van der Waals surface area contributed by atoms with Gasteiger partial charge in [-0.05, 0) is 104 Å². The molecule has 50 heavy (non-hydrogen) atoms. The molecule has 0 radical (unpaired) electrons. The SMILES string of the molecule is c1cncc(-c2cccc3oc4cc(-c5ccc(N(c6ccc7ccccc7c6)c6ccc7ccccc7c6)cc5)c5ccccc5c4c23)c1. The maximum Gasteiger partial charge on any atom is 0.136 e. The topological polar surface area (TPSA) is 29.3 Å². The van der Waals surface area contributed by atoms with E-state index in [9.17, 15) is 0 Å². The number of aromatic nitrogens is 1. The fourth-order valence-corrected chi connectivity index (χ4v) is 7.55. The molecule has 0 saturated carbocycles. The summed E-state index contributed by atoms with van der Waals surface area (Å²) in [6.45, 7) is 0. The van der Waals surface area contributed by atoms with Crippen LogP contribution >= 0.6 is 0 Å². The fraction of sp³-hybridized carbons (Fsp3) is 0. The van der Waals surface area contributed by atoms with Gasteiger partial charge in [0.2, 0.25) is 0 Å². The lowest BCUT2D eigenvalue weighted by atomic mass is 9.93. The normalized spacial score (nSPS) is 11.6. The van der Waals surface area contributed by atoms with Crippen molar-refractivity contribution >= 4 is 71.3 Å². The van der Waals surface area contributed by atoms with Crippen molar-refractivity contribution in [2.24, 2.45) is 0 Å². The van der Waals surface area contributed by atoms with Crippen molar-refractivity contribution in [3.05, 3.63) is 182 Å². The molecule has 3 nitrogen and oxygen atoms in total. The Morgan fingerprint density at radius 1 is 0.400 bits per heavy atom. The Morgan fingerprint density at radius 2 is 1.04 bits per heavy atom. The number of benzene rings is 8. The van der Waals surface area contributed by atoms with E-state index >= 15 is 0 Å². The summed E-state index contributed by atoms with van der Waals surface area (Å²) in [4.78, 5) is 6.75. The molecule has 2 aromatic heterocycles. The average Bonchev–Trinajstić information content (AvgIpc) is 3.57. The van der Waals surface area contributed by atoms with Gasteiger partial charge >= 0.3 is 0 Å². The first-order valence-corrected chi connectivity index (χ1v) is 16.9. The van der Waals surface area contributed by atoms with Crippen LogP contribution in [0.4, 0.5) is 17.1 Å². The molecule has 0 spiro atoms. The van der Waals surface area contributed by atoms with Gasteiger partial charge in [0.15, 0.2) is 0 Å². The van der Waals surface area contributed by atoms with Crippen LogP contribution in [0, 0.1) is 0 Å². The van der Waals surface area contributed by atoms with Crippen molar-refractivity contribution in [3.8, 4) is 22.3 Å². The summed E-state index contributed by atoms with van der Waals surface area (Å²) in [5.41, 5.74) is 9.56. The first kappa shape index (κ1) is 28.3. The van der Waals surface area contributed by atoms with E-state index in [4.69, 9.17) is 4.42 Å². The molecule has 0 saturated heterocycles. The Morgan fingerprint density at radius 3 is 1.72 bits per heavy atom. The highest BCUT2D eigenvalue weighted by atomic mass is 16.3. The van der Waals surface area contributed by atoms with Crippen LogP contribution < -0.4 is 4.90 Å². The Hall–Kier alpha value is -6.71. The predicted octanol–water partition coefficient (Wildman–Crippen LogP) is 13.2. The van der Waals surface area contributed by atoms with Gasteiger partial charge in [0.1, 0.15) is 11.2 Å². The summed E-state index contributed by atoms with van der Waals surface area (Å²) >= 11 is 0. The molecule has 0 fully saturated rings. The smallest absolute Gasteiger partial charge is 0.136 e. The van der Waals surface area contributed by atoms with E-state index in [0.717, 1.165) is 61.3 Å². The number of rotatable bonds is 5. The largest absolute Gasteiger partial charge is 0.456 e. The van der Waals surface area contributed by atoms with Crippen LogP contribution in [0.25, 0.3) is 76.5 Å². The third-order valence-electron chi connectivity index (χ3n) is 9.90. The highest BCUT2D eigenvalue weighted by Gasteiger charge is 2.19. The van der Waals surface area contributed by atoms with Gasteiger partial charge in [-0.25, -0.2) is 0 Å². The first-order valence-electron chi connectivity index (χ1n) is 16.9. The lowest BCUT2D eigenvalue weighted by Crippen LogP contribution is -2.09. The summed E-state index contributed by atoms with van der Waals surface area (Å²) in [5, 5.41) is 9.50. The molecule has 8 aromatic carbocycles. The second kappa shape index (κ2) is 11.5. The molecule has 0 aliphatic heterocycles. The van der Waals surface area contributed by atoms with E-state index in [1.54, 1.807) is 0 Å². The summed E-state index contributed by atoms with van der Waals surface area (Å²) in [5.74, 6) is 0. The van der Waals surface area contributed by atoms with Gasteiger partial charge in [0.05, 0.1) is 0 Å². The van der Waals surface area contributed by atoms with Crippen LogP contribution in [0.2, 0.25) is 0 Å². The first-order chi connectivity index (χ1) is 24.8. The summed E-state index contributed by atoms with van der Waals surface area (Å²) in [7, 11) is 0. The maximum absolute atomic E-state index is 6.60. The molecule has 10 aromatic rings. The minimum atomic E-state index is 0.875. The number of hydrogen-bond donors (Lipinski definition) is 0. The van der Waals surface area contributed by atoms with E-state index in [0.29, 0.717) is 0 Å². The van der Waals surface area contributed by atoms with Crippen molar-refractivity contribution in [3.63, 3.8) is 0 Å². The van der Waals surface area contributed by atoms with Gasteiger partial charge in [0, 0.05) is 45.8 Å². The standard InChI is InChI=1S/C47H30N2O/c1-3-11-34-27-38(24-18-31(34)9-1)49(39-25-19-32-10-2-4-12-35(32)28-39)37-22-20-33(21-23-37)43-29-45-47(42-15-6-5-14-41(42)43)46-40(16-7-17-44(46)50-45)36-13-8-26-48-30-36/h1-30H. The second-order valence-corrected chi connectivity index (χ2v) is 12.8. The quantitative estimate of drug-likeness (QED) is 0.188. The van der Waals surface area contributed by atoms with Gasteiger partial charge in [-0.2, -0.15) is 0 Å². The minimum absolute atomic E-state index is 0.875. The fourth-order valence-electron chi connectivity index (χ4n) is 7.55. The molecule has 0 aliphatic carbocycles. The van der Waals surface area contributed by atoms with Crippen LogP contribution in [0.1, 0.15) is 0 Å². The van der Waals surface area contributed by atoms with Crippen molar-refractivity contribution < 1.29 is 4.42 Å². The van der Waals surface area contributed by atoms with E-state index in [2.05, 4.69) is 174 Å². The molecular formula is C47H30N2O. The molecule has 234 valence electrons. The highest BCUT2D eigenvalue weighted by Crippen LogP contribution is 2.44. The maximum atomic E-state index is 6.60. The predicted molar refractivity (Wildman–Crippen MR) is 210 cm³/mol. The molecule has 0 unspecified atom stereocenters. The summed E-state index contributed by atoms with van der Waals surface area (Å²) in [6.07, 6.45) is 3.73. The number of nitrogens with zero attached hydrogens (tertiary/aromatic N) is 2. The van der Waals surface area contributed by atoms with Gasteiger partial charge in [0.25, 0.3) is 0 Å². The zero-order valence-corrected chi connectivity index (χ0v) is 27.1. The Kier molecular flexibility index (Phi) is 6.49. The lowest BCUT2D eigenvalue weighted by molar-refractivity contribution is 0.669. The Bertz CT molecular complexity index is 2790. The summed E-state index contributed by atoms with van der Waals surface area (Å²) in [6, 6.07) is 60.7. The van der Waals surface area contributed by atoms with Crippen molar-refractivity contribution in [2.45, 2.75) is 0 Å². The monoisotopic (exact) mass is 638 g/mol. The molecule has 0 N–H and O–H groups in total. The zero-order chi connectivity index (χ0) is 33.0. The van der Waals surface area contributed by atoms with E-state index in [1.165, 1.54) is 32.3 Å². The third-order valence-corrected chi connectivity index (χ3v) is 9.90. The minimum Gasteiger partial charge on any atom is -0.456 e. The van der Waals surface area contributed by atoms with Crippen LogP contribution in [0.5, 0.6) is 0 Å². The molecule has 0 atom stereocenters. The molecule has 2 heterocycles. The zero-order valence-electron chi connectivity index (χ0n) is 27.1. The van der Waals surface area contributed by atoms with Gasteiger partial charge < -0.3 is 9.32 Å². The average molecular weight is 639 g/mol. The van der Waals surface area contributed by atoms with Crippen molar-refractivity contribution in [2.75, 3.05) is 4.90 Å². The molecule has 0 bridgehead atoms. The van der Waals surface area contributed by atoms with Crippen molar-refractivity contribution in [1.82, 2.24) is 4.98 Å². The molecule has 3 heteroatoms. The number of anilines is 3. The van der Waals surface area contributed by atoms with E-state index < -0.39 is 0 Å².